The van der Waals surface area contributed by atoms with Crippen LogP contribution in [0.25, 0.3) is 11.1 Å². The first-order chi connectivity index (χ1) is 7.24. The van der Waals surface area contributed by atoms with E-state index in [1.807, 2.05) is 6.07 Å². The Morgan fingerprint density at radius 3 is 2.67 bits per heavy atom. The van der Waals surface area contributed by atoms with Gasteiger partial charge in [0, 0.05) is 29.1 Å². The third-order valence-corrected chi connectivity index (χ3v) is 2.97. The van der Waals surface area contributed by atoms with E-state index in [0.717, 1.165) is 17.4 Å². The minimum atomic E-state index is 0.460. The molecule has 2 nitrogen and oxygen atoms in total. The highest BCUT2D eigenvalue weighted by Crippen LogP contribution is 2.34. The number of aldehydes is 1. The maximum atomic E-state index is 10.8. The molecule has 0 aliphatic heterocycles. The van der Waals surface area contributed by atoms with Gasteiger partial charge in [-0.25, -0.2) is 0 Å². The number of benzene rings is 1. The Kier molecular flexibility index (Phi) is 2.80. The second-order valence-electron chi connectivity index (χ2n) is 3.04. The lowest BCUT2D eigenvalue weighted by molar-refractivity contribution is 0.112. The van der Waals surface area contributed by atoms with Gasteiger partial charge in [0.25, 0.3) is 0 Å². The summed E-state index contributed by atoms with van der Waals surface area (Å²) < 4.78 is 0. The summed E-state index contributed by atoms with van der Waals surface area (Å²) in [6, 6.07) is 5.33. The van der Waals surface area contributed by atoms with E-state index in [0.29, 0.717) is 15.6 Å². The Morgan fingerprint density at radius 2 is 1.93 bits per heavy atom. The molecule has 76 valence electrons. The normalized spacial score (nSPS) is 10.3. The zero-order valence-corrected chi connectivity index (χ0v) is 9.14. The van der Waals surface area contributed by atoms with Crippen LogP contribution in [0.15, 0.2) is 30.6 Å². The molecule has 1 aromatic carbocycles. The van der Waals surface area contributed by atoms with Gasteiger partial charge in [-0.05, 0) is 6.07 Å². The van der Waals surface area contributed by atoms with Crippen LogP contribution in [0.5, 0.6) is 0 Å². The first kappa shape index (κ1) is 10.3. The van der Waals surface area contributed by atoms with Gasteiger partial charge >= 0.3 is 0 Å². The van der Waals surface area contributed by atoms with Crippen molar-refractivity contribution in [3.63, 3.8) is 0 Å². The highest BCUT2D eigenvalue weighted by atomic mass is 35.5. The van der Waals surface area contributed by atoms with Crippen LogP contribution in [0.2, 0.25) is 10.0 Å². The molecule has 0 atom stereocenters. The molecule has 0 spiro atoms. The van der Waals surface area contributed by atoms with Gasteiger partial charge in [-0.1, -0.05) is 35.3 Å². The third-order valence-electron chi connectivity index (χ3n) is 2.15. The summed E-state index contributed by atoms with van der Waals surface area (Å²) in [4.78, 5) is 13.6. The van der Waals surface area contributed by atoms with Crippen LogP contribution in [-0.2, 0) is 0 Å². The van der Waals surface area contributed by atoms with Crippen LogP contribution in [0.4, 0.5) is 0 Å². The van der Waals surface area contributed by atoms with Crippen molar-refractivity contribution in [2.75, 3.05) is 0 Å². The Hall–Kier alpha value is -1.25. The zero-order valence-electron chi connectivity index (χ0n) is 7.63. The minimum absolute atomic E-state index is 0.460. The number of hydrogen-bond donors (Lipinski definition) is 1. The summed E-state index contributed by atoms with van der Waals surface area (Å²) in [7, 11) is 0. The molecule has 0 unspecified atom stereocenters. The fourth-order valence-corrected chi connectivity index (χ4v) is 1.82. The van der Waals surface area contributed by atoms with E-state index in [1.165, 1.54) is 0 Å². The molecule has 4 heteroatoms. The van der Waals surface area contributed by atoms with Gasteiger partial charge in [0.2, 0.25) is 0 Å². The smallest absolute Gasteiger partial charge is 0.152 e. The van der Waals surface area contributed by atoms with Gasteiger partial charge in [-0.15, -0.1) is 0 Å². The van der Waals surface area contributed by atoms with E-state index in [2.05, 4.69) is 4.98 Å². The van der Waals surface area contributed by atoms with Crippen molar-refractivity contribution in [2.45, 2.75) is 0 Å². The van der Waals surface area contributed by atoms with Crippen LogP contribution in [0.3, 0.4) is 0 Å². The maximum Gasteiger partial charge on any atom is 0.152 e. The predicted molar refractivity (Wildman–Crippen MR) is 61.6 cm³/mol. The van der Waals surface area contributed by atoms with Crippen molar-refractivity contribution >= 4 is 29.5 Å². The molecular formula is C11H7Cl2NO. The number of hydrogen-bond acceptors (Lipinski definition) is 1. The van der Waals surface area contributed by atoms with E-state index in [-0.39, 0.29) is 0 Å². The lowest BCUT2D eigenvalue weighted by Crippen LogP contribution is -1.83. The molecule has 1 aromatic heterocycles. The highest BCUT2D eigenvalue weighted by Gasteiger charge is 2.10. The lowest BCUT2D eigenvalue weighted by atomic mass is 10.1. The predicted octanol–water partition coefficient (Wildman–Crippen LogP) is 3.80. The van der Waals surface area contributed by atoms with E-state index < -0.39 is 0 Å². The number of H-pyrrole nitrogens is 1. The number of carbonyl (C=O) groups is 1. The molecule has 0 fully saturated rings. The minimum Gasteiger partial charge on any atom is -0.366 e. The molecule has 1 heterocycles. The molecule has 2 rings (SSSR count). The van der Waals surface area contributed by atoms with Gasteiger partial charge in [-0.3, -0.25) is 4.79 Å². The van der Waals surface area contributed by atoms with Gasteiger partial charge in [0.05, 0.1) is 10.0 Å². The maximum absolute atomic E-state index is 10.8. The van der Waals surface area contributed by atoms with Crippen molar-refractivity contribution < 1.29 is 4.79 Å². The summed E-state index contributed by atoms with van der Waals surface area (Å²) >= 11 is 11.9. The second kappa shape index (κ2) is 4.09. The average Bonchev–Trinajstić information content (AvgIpc) is 2.70. The number of aromatic nitrogens is 1. The van der Waals surface area contributed by atoms with Crippen LogP contribution in [-0.4, -0.2) is 11.3 Å². The number of aromatic amines is 1. The molecule has 0 amide bonds. The topological polar surface area (TPSA) is 32.9 Å². The van der Waals surface area contributed by atoms with E-state index in [4.69, 9.17) is 23.2 Å². The summed E-state index contributed by atoms with van der Waals surface area (Å²) in [5.74, 6) is 0. The monoisotopic (exact) mass is 239 g/mol. The molecule has 1 N–H and O–H groups in total. The first-order valence-corrected chi connectivity index (χ1v) is 5.06. The Balaban J connectivity index is 2.64. The molecule has 0 bridgehead atoms. The number of rotatable bonds is 2. The van der Waals surface area contributed by atoms with E-state index >= 15 is 0 Å². The van der Waals surface area contributed by atoms with Crippen molar-refractivity contribution in [1.29, 1.82) is 0 Å². The van der Waals surface area contributed by atoms with Crippen molar-refractivity contribution in [2.24, 2.45) is 0 Å². The largest absolute Gasteiger partial charge is 0.366 e. The molecule has 15 heavy (non-hydrogen) atoms. The Labute approximate surface area is 96.8 Å². The number of halogens is 2. The number of nitrogens with one attached hydrogen (secondary N) is 1. The highest BCUT2D eigenvalue weighted by molar-refractivity contribution is 6.43. The summed E-state index contributed by atoms with van der Waals surface area (Å²) in [6.45, 7) is 0. The Morgan fingerprint density at radius 1 is 1.13 bits per heavy atom. The van der Waals surface area contributed by atoms with Crippen LogP contribution in [0.1, 0.15) is 10.4 Å². The van der Waals surface area contributed by atoms with E-state index in [1.54, 1.807) is 24.5 Å². The molecule has 0 aliphatic carbocycles. The fourth-order valence-electron chi connectivity index (χ4n) is 1.42. The summed E-state index contributed by atoms with van der Waals surface area (Å²) in [5.41, 5.74) is 2.09. The molecule has 2 aromatic rings. The van der Waals surface area contributed by atoms with Gasteiger partial charge in [-0.2, -0.15) is 0 Å². The van der Waals surface area contributed by atoms with Crippen molar-refractivity contribution in [3.05, 3.63) is 46.2 Å². The van der Waals surface area contributed by atoms with Crippen LogP contribution < -0.4 is 0 Å². The average molecular weight is 240 g/mol. The van der Waals surface area contributed by atoms with Gasteiger partial charge < -0.3 is 4.98 Å². The van der Waals surface area contributed by atoms with Gasteiger partial charge in [0.1, 0.15) is 0 Å². The van der Waals surface area contributed by atoms with Crippen LogP contribution in [0, 0.1) is 0 Å². The standard InChI is InChI=1S/C11H7Cl2NO/c12-10-3-1-2-8(11(10)13)9-5-14-4-7(9)6-15/h1-6,14H. The quantitative estimate of drug-likeness (QED) is 0.795. The van der Waals surface area contributed by atoms with Crippen molar-refractivity contribution in [1.82, 2.24) is 4.98 Å². The second-order valence-corrected chi connectivity index (χ2v) is 3.83. The number of carbonyl (C=O) groups excluding carboxylic acids is 1. The lowest BCUT2D eigenvalue weighted by Gasteiger charge is -2.04. The molecule has 0 radical (unpaired) electrons. The summed E-state index contributed by atoms with van der Waals surface area (Å²) in [6.07, 6.45) is 4.13. The van der Waals surface area contributed by atoms with Gasteiger partial charge in [0.15, 0.2) is 6.29 Å². The molecule has 0 aliphatic rings. The van der Waals surface area contributed by atoms with Crippen LogP contribution >= 0.6 is 23.2 Å². The molecule has 0 saturated carbocycles. The third kappa shape index (κ3) is 1.78. The fraction of sp³-hybridized carbons (Fsp3) is 0. The summed E-state index contributed by atoms with van der Waals surface area (Å²) in [5, 5.41) is 0.939. The van der Waals surface area contributed by atoms with Crippen molar-refractivity contribution in [3.8, 4) is 11.1 Å². The first-order valence-electron chi connectivity index (χ1n) is 4.30. The SMILES string of the molecule is O=Cc1c[nH]cc1-c1cccc(Cl)c1Cl. The molecule has 0 saturated heterocycles. The molecular weight excluding hydrogens is 233 g/mol. The Bertz CT molecular complexity index is 505. The van der Waals surface area contributed by atoms with E-state index in [9.17, 15) is 4.79 Å². The zero-order chi connectivity index (χ0) is 10.8.